The van der Waals surface area contributed by atoms with Gasteiger partial charge in [0.05, 0.1) is 0 Å². The Bertz CT molecular complexity index is 479. The van der Waals surface area contributed by atoms with Crippen molar-refractivity contribution < 1.29 is 19.2 Å². The van der Waals surface area contributed by atoms with Crippen molar-refractivity contribution in [2.75, 3.05) is 0 Å². The Morgan fingerprint density at radius 1 is 0.700 bits per heavy atom. The molecule has 4 nitrogen and oxygen atoms in total. The summed E-state index contributed by atoms with van der Waals surface area (Å²) in [6.45, 7) is 3.76. The second-order valence-corrected chi connectivity index (χ2v) is 5.72. The van der Waals surface area contributed by atoms with Crippen LogP contribution in [0.4, 0.5) is 0 Å². The molecule has 0 N–H and O–H groups in total. The number of carbonyl (C=O) groups is 4. The molecule has 2 aliphatic carbocycles. The molecule has 0 aromatic rings. The van der Waals surface area contributed by atoms with E-state index < -0.39 is 11.8 Å². The maximum absolute atomic E-state index is 11.4. The van der Waals surface area contributed by atoms with E-state index in [0.717, 1.165) is 47.4 Å². The molecule has 20 heavy (non-hydrogen) atoms. The first-order chi connectivity index (χ1) is 9.58. The number of aldehydes is 4. The van der Waals surface area contributed by atoms with E-state index in [1.54, 1.807) is 0 Å². The van der Waals surface area contributed by atoms with Gasteiger partial charge in [-0.15, -0.1) is 0 Å². The Labute approximate surface area is 117 Å². The van der Waals surface area contributed by atoms with Gasteiger partial charge in [-0.2, -0.15) is 0 Å². The fourth-order valence-electron chi connectivity index (χ4n) is 3.60. The van der Waals surface area contributed by atoms with Crippen LogP contribution in [0.25, 0.3) is 0 Å². The molecule has 4 unspecified atom stereocenters. The minimum Gasteiger partial charge on any atom is -0.303 e. The summed E-state index contributed by atoms with van der Waals surface area (Å²) in [5, 5.41) is 0. The van der Waals surface area contributed by atoms with Gasteiger partial charge < -0.3 is 19.2 Å². The normalized spacial score (nSPS) is 33.5. The van der Waals surface area contributed by atoms with Crippen LogP contribution in [-0.4, -0.2) is 25.1 Å². The molecule has 0 spiro atoms. The Balaban J connectivity index is 2.65. The van der Waals surface area contributed by atoms with Gasteiger partial charge in [-0.05, 0) is 37.8 Å². The highest BCUT2D eigenvalue weighted by molar-refractivity contribution is 5.79. The first-order valence-corrected chi connectivity index (χ1v) is 6.79. The highest BCUT2D eigenvalue weighted by atomic mass is 16.1. The average molecular weight is 274 g/mol. The molecule has 0 aromatic heterocycles. The first kappa shape index (κ1) is 14.6. The maximum Gasteiger partial charge on any atom is 0.128 e. The van der Waals surface area contributed by atoms with Crippen molar-refractivity contribution >= 4 is 25.1 Å². The molecule has 0 aliphatic heterocycles. The number of hydrogen-bond donors (Lipinski definition) is 0. The van der Waals surface area contributed by atoms with E-state index in [2.05, 4.69) is 0 Å². The predicted octanol–water partition coefficient (Wildman–Crippen LogP) is 1.69. The summed E-state index contributed by atoms with van der Waals surface area (Å²) in [6, 6.07) is 0. The Kier molecular flexibility index (Phi) is 4.12. The molecule has 2 aliphatic rings. The Morgan fingerprint density at radius 2 is 1.05 bits per heavy atom. The zero-order valence-electron chi connectivity index (χ0n) is 11.7. The molecule has 106 valence electrons. The van der Waals surface area contributed by atoms with Crippen molar-refractivity contribution in [2.45, 2.75) is 26.7 Å². The van der Waals surface area contributed by atoms with Gasteiger partial charge in [0.2, 0.25) is 0 Å². The van der Waals surface area contributed by atoms with Gasteiger partial charge >= 0.3 is 0 Å². The topological polar surface area (TPSA) is 68.3 Å². The van der Waals surface area contributed by atoms with E-state index >= 15 is 0 Å². The lowest BCUT2D eigenvalue weighted by Crippen LogP contribution is -2.35. The number of hydrogen-bond acceptors (Lipinski definition) is 4. The van der Waals surface area contributed by atoms with Crippen LogP contribution in [0.5, 0.6) is 0 Å². The molecular weight excluding hydrogens is 256 g/mol. The molecule has 4 heteroatoms. The lowest BCUT2D eigenvalue weighted by molar-refractivity contribution is -0.119. The average Bonchev–Trinajstić information content (AvgIpc) is 2.46. The maximum atomic E-state index is 11.4. The van der Waals surface area contributed by atoms with Crippen LogP contribution in [0.15, 0.2) is 22.3 Å². The second-order valence-electron chi connectivity index (χ2n) is 5.72. The highest BCUT2D eigenvalue weighted by Crippen LogP contribution is 2.47. The lowest BCUT2D eigenvalue weighted by Gasteiger charge is -2.39. The standard InChI is InChI=1S/C16H18O4/c1-9-3-11(5-17)14(8-20)16-10(2)4-12(6-18)13(7-19)15(9)16/h5-8,11-14H,3-4H2,1-2H3. The molecular formula is C16H18O4. The van der Waals surface area contributed by atoms with E-state index in [9.17, 15) is 19.2 Å². The van der Waals surface area contributed by atoms with Crippen molar-refractivity contribution in [1.82, 2.24) is 0 Å². The Morgan fingerprint density at radius 3 is 1.30 bits per heavy atom. The molecule has 2 rings (SSSR count). The number of carbonyl (C=O) groups excluding carboxylic acids is 4. The molecule has 0 saturated heterocycles. The van der Waals surface area contributed by atoms with Gasteiger partial charge in [-0.25, -0.2) is 0 Å². The van der Waals surface area contributed by atoms with Crippen molar-refractivity contribution in [3.63, 3.8) is 0 Å². The fraction of sp³-hybridized carbons (Fsp3) is 0.500. The molecule has 4 atom stereocenters. The summed E-state index contributed by atoms with van der Waals surface area (Å²) < 4.78 is 0. The van der Waals surface area contributed by atoms with Crippen molar-refractivity contribution in [3.05, 3.63) is 22.3 Å². The molecule has 0 fully saturated rings. The third kappa shape index (κ3) is 2.09. The summed E-state index contributed by atoms with van der Waals surface area (Å²) >= 11 is 0. The summed E-state index contributed by atoms with van der Waals surface area (Å²) in [6.07, 6.45) is 4.20. The lowest BCUT2D eigenvalue weighted by atomic mass is 9.63. The smallest absolute Gasteiger partial charge is 0.128 e. The molecule has 0 saturated carbocycles. The molecule has 0 heterocycles. The Hall–Kier alpha value is -1.84. The number of allylic oxidation sites excluding steroid dienone is 4. The summed E-state index contributed by atoms with van der Waals surface area (Å²) in [5.41, 5.74) is 3.52. The van der Waals surface area contributed by atoms with Gasteiger partial charge in [0.25, 0.3) is 0 Å². The zero-order valence-corrected chi connectivity index (χ0v) is 11.7. The molecule has 0 bridgehead atoms. The zero-order chi connectivity index (χ0) is 14.9. The van der Waals surface area contributed by atoms with Gasteiger partial charge in [-0.1, -0.05) is 11.1 Å². The van der Waals surface area contributed by atoms with Crippen LogP contribution in [0, 0.1) is 23.7 Å². The second kappa shape index (κ2) is 5.65. The molecule has 0 radical (unpaired) electrons. The number of fused-ring (bicyclic) bond motifs is 1. The van der Waals surface area contributed by atoms with Gasteiger partial charge in [-0.3, -0.25) is 0 Å². The van der Waals surface area contributed by atoms with Gasteiger partial charge in [0, 0.05) is 23.7 Å². The summed E-state index contributed by atoms with van der Waals surface area (Å²) in [4.78, 5) is 45.2. The van der Waals surface area contributed by atoms with Gasteiger partial charge in [0.15, 0.2) is 0 Å². The van der Waals surface area contributed by atoms with E-state index in [0.29, 0.717) is 12.8 Å². The SMILES string of the molecule is CC1=C2C(=C(C)CC(C=O)C2C=O)C(C=O)C(C=O)C1. The van der Waals surface area contributed by atoms with Crippen molar-refractivity contribution in [3.8, 4) is 0 Å². The molecule has 0 aromatic carbocycles. The van der Waals surface area contributed by atoms with Crippen LogP contribution in [0.2, 0.25) is 0 Å². The van der Waals surface area contributed by atoms with Crippen LogP contribution in [-0.2, 0) is 19.2 Å². The van der Waals surface area contributed by atoms with E-state index in [4.69, 9.17) is 0 Å². The van der Waals surface area contributed by atoms with Crippen LogP contribution < -0.4 is 0 Å². The fourth-order valence-corrected chi connectivity index (χ4v) is 3.60. The summed E-state index contributed by atoms with van der Waals surface area (Å²) in [5.74, 6) is -1.69. The van der Waals surface area contributed by atoms with Crippen LogP contribution >= 0.6 is 0 Å². The van der Waals surface area contributed by atoms with Crippen LogP contribution in [0.3, 0.4) is 0 Å². The van der Waals surface area contributed by atoms with Gasteiger partial charge in [0.1, 0.15) is 25.1 Å². The number of rotatable bonds is 4. The van der Waals surface area contributed by atoms with Crippen LogP contribution in [0.1, 0.15) is 26.7 Å². The largest absolute Gasteiger partial charge is 0.303 e. The third-order valence-corrected chi connectivity index (χ3v) is 4.53. The molecule has 0 amide bonds. The predicted molar refractivity (Wildman–Crippen MR) is 72.9 cm³/mol. The first-order valence-electron chi connectivity index (χ1n) is 6.79. The minimum atomic E-state index is -0.485. The highest BCUT2D eigenvalue weighted by Gasteiger charge is 2.41. The van der Waals surface area contributed by atoms with E-state index in [1.807, 2.05) is 13.8 Å². The van der Waals surface area contributed by atoms with E-state index in [1.165, 1.54) is 0 Å². The summed E-state index contributed by atoms with van der Waals surface area (Å²) in [7, 11) is 0. The third-order valence-electron chi connectivity index (χ3n) is 4.53. The minimum absolute atomic E-state index is 0.360. The quantitative estimate of drug-likeness (QED) is 0.731. The van der Waals surface area contributed by atoms with Crippen molar-refractivity contribution in [2.24, 2.45) is 23.7 Å². The van der Waals surface area contributed by atoms with Crippen molar-refractivity contribution in [1.29, 1.82) is 0 Å². The monoisotopic (exact) mass is 274 g/mol. The van der Waals surface area contributed by atoms with E-state index in [-0.39, 0.29) is 11.8 Å².